The van der Waals surface area contributed by atoms with E-state index in [9.17, 15) is 0 Å². The molecular formula is C16H16N2O2. The van der Waals surface area contributed by atoms with Gasteiger partial charge in [-0.1, -0.05) is 18.2 Å². The molecule has 0 bridgehead atoms. The molecule has 0 aliphatic heterocycles. The van der Waals surface area contributed by atoms with Crippen molar-refractivity contribution in [1.29, 1.82) is 0 Å². The van der Waals surface area contributed by atoms with Crippen LogP contribution in [0.25, 0.3) is 22.0 Å². The van der Waals surface area contributed by atoms with Gasteiger partial charge in [0.15, 0.2) is 6.79 Å². The third-order valence-electron chi connectivity index (χ3n) is 3.29. The summed E-state index contributed by atoms with van der Waals surface area (Å²) in [6.45, 7) is 2.34. The number of aryl methyl sites for hydroxylation is 1. The zero-order valence-electron chi connectivity index (χ0n) is 11.5. The lowest BCUT2D eigenvalue weighted by atomic mass is 9.99. The Hall–Kier alpha value is -2.33. The molecule has 102 valence electrons. The van der Waals surface area contributed by atoms with Crippen molar-refractivity contribution in [2.24, 2.45) is 0 Å². The lowest BCUT2D eigenvalue weighted by Crippen LogP contribution is -1.99. The van der Waals surface area contributed by atoms with Crippen LogP contribution in [0.2, 0.25) is 0 Å². The minimum Gasteiger partial charge on any atom is -0.468 e. The summed E-state index contributed by atoms with van der Waals surface area (Å²) in [5.74, 6) is 0.815. The first-order valence-corrected chi connectivity index (χ1v) is 6.44. The molecule has 0 spiro atoms. The minimum absolute atomic E-state index is 0.263. The fourth-order valence-electron chi connectivity index (χ4n) is 2.28. The molecular weight excluding hydrogens is 252 g/mol. The molecule has 3 aromatic rings. The van der Waals surface area contributed by atoms with Crippen molar-refractivity contribution in [1.82, 2.24) is 10.2 Å². The molecule has 0 aliphatic rings. The van der Waals surface area contributed by atoms with Gasteiger partial charge in [0.25, 0.3) is 0 Å². The van der Waals surface area contributed by atoms with Crippen molar-refractivity contribution < 1.29 is 9.47 Å². The second-order valence-corrected chi connectivity index (χ2v) is 4.70. The highest BCUT2D eigenvalue weighted by Gasteiger charge is 2.05. The number of nitrogens with one attached hydrogen (secondary N) is 1. The van der Waals surface area contributed by atoms with Crippen LogP contribution in [0.1, 0.15) is 5.56 Å². The number of aromatic amines is 1. The highest BCUT2D eigenvalue weighted by atomic mass is 16.7. The molecule has 20 heavy (non-hydrogen) atoms. The van der Waals surface area contributed by atoms with Crippen LogP contribution < -0.4 is 4.74 Å². The van der Waals surface area contributed by atoms with Crippen LogP contribution in [0, 0.1) is 6.92 Å². The Kier molecular flexibility index (Phi) is 3.39. The van der Waals surface area contributed by atoms with Crippen LogP contribution in [0.3, 0.4) is 0 Å². The number of methoxy groups -OCH3 is 1. The average Bonchev–Trinajstić information content (AvgIpc) is 2.92. The number of fused-ring (bicyclic) bond motifs is 1. The van der Waals surface area contributed by atoms with E-state index in [1.165, 1.54) is 5.56 Å². The number of H-pyrrole nitrogens is 1. The number of hydrogen-bond acceptors (Lipinski definition) is 3. The van der Waals surface area contributed by atoms with Gasteiger partial charge in [0.1, 0.15) is 5.75 Å². The van der Waals surface area contributed by atoms with Gasteiger partial charge in [0, 0.05) is 12.5 Å². The van der Waals surface area contributed by atoms with Gasteiger partial charge in [-0.2, -0.15) is 5.10 Å². The summed E-state index contributed by atoms with van der Waals surface area (Å²) in [6, 6.07) is 12.3. The quantitative estimate of drug-likeness (QED) is 0.736. The standard InChI is InChI=1S/C16H16N2O2/c1-11-7-14(20-10-19-2)5-6-15(11)12-3-4-13-9-17-18-16(13)8-12/h3-9H,10H2,1-2H3,(H,17,18). The molecule has 4 heteroatoms. The molecule has 1 aromatic heterocycles. The average molecular weight is 268 g/mol. The normalized spacial score (nSPS) is 10.9. The predicted octanol–water partition coefficient (Wildman–Crippen LogP) is 3.52. The van der Waals surface area contributed by atoms with Crippen LogP contribution in [-0.4, -0.2) is 24.1 Å². The van der Waals surface area contributed by atoms with E-state index in [2.05, 4.69) is 41.4 Å². The maximum atomic E-state index is 5.45. The van der Waals surface area contributed by atoms with Gasteiger partial charge >= 0.3 is 0 Å². The lowest BCUT2D eigenvalue weighted by molar-refractivity contribution is 0.0511. The molecule has 0 aliphatic carbocycles. The van der Waals surface area contributed by atoms with Crippen LogP contribution in [0.15, 0.2) is 42.6 Å². The number of nitrogens with zero attached hydrogens (tertiary/aromatic N) is 1. The topological polar surface area (TPSA) is 47.1 Å². The Labute approximate surface area is 117 Å². The van der Waals surface area contributed by atoms with Crippen molar-refractivity contribution in [3.05, 3.63) is 48.2 Å². The van der Waals surface area contributed by atoms with E-state index in [0.717, 1.165) is 27.8 Å². The Morgan fingerprint density at radius 2 is 2.05 bits per heavy atom. The van der Waals surface area contributed by atoms with E-state index in [0.29, 0.717) is 0 Å². The van der Waals surface area contributed by atoms with E-state index in [-0.39, 0.29) is 6.79 Å². The van der Waals surface area contributed by atoms with E-state index < -0.39 is 0 Å². The van der Waals surface area contributed by atoms with Crippen molar-refractivity contribution in [3.8, 4) is 16.9 Å². The zero-order valence-corrected chi connectivity index (χ0v) is 11.5. The lowest BCUT2D eigenvalue weighted by Gasteiger charge is -2.10. The molecule has 0 amide bonds. The molecule has 3 rings (SSSR count). The molecule has 4 nitrogen and oxygen atoms in total. The second kappa shape index (κ2) is 5.35. The first-order valence-electron chi connectivity index (χ1n) is 6.44. The Balaban J connectivity index is 1.96. The van der Waals surface area contributed by atoms with Gasteiger partial charge in [-0.15, -0.1) is 0 Å². The summed E-state index contributed by atoms with van der Waals surface area (Å²) < 4.78 is 10.4. The molecule has 0 fully saturated rings. The summed E-state index contributed by atoms with van der Waals surface area (Å²) in [7, 11) is 1.61. The van der Waals surface area contributed by atoms with Crippen LogP contribution in [0.4, 0.5) is 0 Å². The SMILES string of the molecule is COCOc1ccc(-c2ccc3cn[nH]c3c2)c(C)c1. The number of benzene rings is 2. The maximum Gasteiger partial charge on any atom is 0.188 e. The Bertz CT molecular complexity index is 734. The van der Waals surface area contributed by atoms with Crippen molar-refractivity contribution in [2.45, 2.75) is 6.92 Å². The monoisotopic (exact) mass is 268 g/mol. The first-order chi connectivity index (χ1) is 9.78. The van der Waals surface area contributed by atoms with Gasteiger partial charge in [-0.05, 0) is 41.8 Å². The van der Waals surface area contributed by atoms with Crippen LogP contribution in [-0.2, 0) is 4.74 Å². The van der Waals surface area contributed by atoms with E-state index in [1.807, 2.05) is 18.3 Å². The molecule has 2 aromatic carbocycles. The van der Waals surface area contributed by atoms with Gasteiger partial charge in [-0.3, -0.25) is 5.10 Å². The molecule has 0 unspecified atom stereocenters. The van der Waals surface area contributed by atoms with E-state index >= 15 is 0 Å². The van der Waals surface area contributed by atoms with Gasteiger partial charge < -0.3 is 9.47 Å². The molecule has 0 saturated carbocycles. The zero-order chi connectivity index (χ0) is 13.9. The van der Waals surface area contributed by atoms with Crippen molar-refractivity contribution >= 4 is 10.9 Å². The fraction of sp³-hybridized carbons (Fsp3) is 0.188. The summed E-state index contributed by atoms with van der Waals surface area (Å²) in [4.78, 5) is 0. The summed E-state index contributed by atoms with van der Waals surface area (Å²) in [6.07, 6.45) is 1.83. The van der Waals surface area contributed by atoms with E-state index in [4.69, 9.17) is 9.47 Å². The first kappa shape index (κ1) is 12.7. The maximum absolute atomic E-state index is 5.45. The number of aromatic nitrogens is 2. The molecule has 1 heterocycles. The number of hydrogen-bond donors (Lipinski definition) is 1. The molecule has 0 atom stereocenters. The largest absolute Gasteiger partial charge is 0.468 e. The highest BCUT2D eigenvalue weighted by molar-refractivity contribution is 5.84. The summed E-state index contributed by atoms with van der Waals surface area (Å²) in [5, 5.41) is 8.16. The van der Waals surface area contributed by atoms with Crippen LogP contribution >= 0.6 is 0 Å². The highest BCUT2D eigenvalue weighted by Crippen LogP contribution is 2.28. The van der Waals surface area contributed by atoms with Crippen molar-refractivity contribution in [3.63, 3.8) is 0 Å². The molecule has 0 saturated heterocycles. The van der Waals surface area contributed by atoms with Gasteiger partial charge in [-0.25, -0.2) is 0 Å². The molecule has 0 radical (unpaired) electrons. The predicted molar refractivity (Wildman–Crippen MR) is 78.8 cm³/mol. The number of ether oxygens (including phenoxy) is 2. The van der Waals surface area contributed by atoms with Gasteiger partial charge in [0.2, 0.25) is 0 Å². The number of rotatable bonds is 4. The van der Waals surface area contributed by atoms with Gasteiger partial charge in [0.05, 0.1) is 11.7 Å². The van der Waals surface area contributed by atoms with Crippen molar-refractivity contribution in [2.75, 3.05) is 13.9 Å². The fourth-order valence-corrected chi connectivity index (χ4v) is 2.28. The minimum atomic E-state index is 0.263. The second-order valence-electron chi connectivity index (χ2n) is 4.70. The summed E-state index contributed by atoms with van der Waals surface area (Å²) >= 11 is 0. The third-order valence-corrected chi connectivity index (χ3v) is 3.29. The smallest absolute Gasteiger partial charge is 0.188 e. The summed E-state index contributed by atoms with van der Waals surface area (Å²) in [5.41, 5.74) is 4.56. The Morgan fingerprint density at radius 1 is 1.15 bits per heavy atom. The van der Waals surface area contributed by atoms with Crippen LogP contribution in [0.5, 0.6) is 5.75 Å². The third kappa shape index (κ3) is 2.38. The van der Waals surface area contributed by atoms with E-state index in [1.54, 1.807) is 7.11 Å². The molecule has 1 N–H and O–H groups in total. The Morgan fingerprint density at radius 3 is 2.85 bits per heavy atom.